The molecule has 0 aliphatic carbocycles. The molecule has 0 aliphatic rings. The molecule has 2 amide bonds. The quantitative estimate of drug-likeness (QED) is 0.420. The molecule has 3 N–H and O–H groups in total. The third kappa shape index (κ3) is 5.01. The third-order valence-corrected chi connectivity index (χ3v) is 4.41. The first-order chi connectivity index (χ1) is 15.1. The zero-order chi connectivity index (χ0) is 21.6. The number of pyridine rings is 1. The van der Waals surface area contributed by atoms with E-state index >= 15 is 0 Å². The van der Waals surface area contributed by atoms with Gasteiger partial charge in [0.15, 0.2) is 11.6 Å². The first-order valence-electron chi connectivity index (χ1n) is 9.41. The average molecular weight is 422 g/mol. The number of halogens is 1. The van der Waals surface area contributed by atoms with E-state index in [0.29, 0.717) is 36.2 Å². The van der Waals surface area contributed by atoms with E-state index < -0.39 is 6.03 Å². The Morgan fingerprint density at radius 1 is 1.16 bits per heavy atom. The fourth-order valence-corrected chi connectivity index (χ4v) is 2.79. The Bertz CT molecular complexity index is 1160. The second-order valence-corrected chi connectivity index (χ2v) is 6.53. The largest absolute Gasteiger partial charge is 0.492 e. The number of aromatic amines is 1. The van der Waals surface area contributed by atoms with E-state index in [2.05, 4.69) is 36.1 Å². The van der Waals surface area contributed by atoms with Crippen LogP contribution >= 0.6 is 0 Å². The number of carbonyl (C=O) groups is 1. The monoisotopic (exact) mass is 422 g/mol. The van der Waals surface area contributed by atoms with Crippen LogP contribution in [0, 0.1) is 12.7 Å². The number of urea groups is 1. The number of nitrogens with one attached hydrogen (secondary N) is 3. The van der Waals surface area contributed by atoms with Crippen molar-refractivity contribution in [1.82, 2.24) is 30.2 Å². The highest BCUT2D eigenvalue weighted by Gasteiger charge is 2.13. The van der Waals surface area contributed by atoms with Crippen molar-refractivity contribution in [3.05, 3.63) is 66.4 Å². The summed E-state index contributed by atoms with van der Waals surface area (Å²) in [5.41, 5.74) is 2.32. The number of carbonyl (C=O) groups excluding carboxylic acids is 1. The van der Waals surface area contributed by atoms with E-state index in [4.69, 9.17) is 4.74 Å². The van der Waals surface area contributed by atoms with Crippen molar-refractivity contribution in [1.29, 1.82) is 0 Å². The van der Waals surface area contributed by atoms with Crippen molar-refractivity contribution in [2.24, 2.45) is 0 Å². The minimum atomic E-state index is -0.495. The lowest BCUT2D eigenvalue weighted by Crippen LogP contribution is -2.20. The number of nitrogens with zero attached hydrogens (tertiary/aromatic N) is 5. The molecule has 0 aliphatic heterocycles. The zero-order valence-electron chi connectivity index (χ0n) is 16.5. The topological polar surface area (TPSA) is 123 Å². The molecule has 0 saturated heterocycles. The number of benzene rings is 1. The molecule has 4 rings (SSSR count). The lowest BCUT2D eigenvalue weighted by atomic mass is 10.2. The highest BCUT2D eigenvalue weighted by Crippen LogP contribution is 2.19. The van der Waals surface area contributed by atoms with Gasteiger partial charge in [-0.3, -0.25) is 20.7 Å². The lowest BCUT2D eigenvalue weighted by molar-refractivity contribution is 0.262. The van der Waals surface area contributed by atoms with Gasteiger partial charge in [0.05, 0.1) is 17.9 Å². The van der Waals surface area contributed by atoms with Gasteiger partial charge in [0.2, 0.25) is 0 Å². The summed E-state index contributed by atoms with van der Waals surface area (Å²) in [4.78, 5) is 16.3. The standard InChI is InChI=1S/C20H19FN8O2/c1-13-19(27-28-29(13)10-11-31-16-4-2-15(21)3-5-16)24-20(30)23-18-12-17(25-26-18)14-6-8-22-9-7-14/h2-9,12H,10-11H2,1H3,(H3,23,24,25,26,30). The highest BCUT2D eigenvalue weighted by atomic mass is 19.1. The summed E-state index contributed by atoms with van der Waals surface area (Å²) in [5, 5.41) is 20.2. The van der Waals surface area contributed by atoms with Crippen LogP contribution in [0.4, 0.5) is 20.8 Å². The summed E-state index contributed by atoms with van der Waals surface area (Å²) in [6.45, 7) is 2.50. The molecule has 3 heterocycles. The van der Waals surface area contributed by atoms with Gasteiger partial charge >= 0.3 is 6.03 Å². The number of hydrogen-bond acceptors (Lipinski definition) is 6. The van der Waals surface area contributed by atoms with E-state index in [0.717, 1.165) is 11.3 Å². The number of anilines is 2. The van der Waals surface area contributed by atoms with Gasteiger partial charge in [-0.2, -0.15) is 5.10 Å². The highest BCUT2D eigenvalue weighted by molar-refractivity contribution is 5.99. The molecule has 0 fully saturated rings. The smallest absolute Gasteiger partial charge is 0.326 e. The molecule has 10 nitrogen and oxygen atoms in total. The van der Waals surface area contributed by atoms with E-state index in [1.54, 1.807) is 42.2 Å². The molecule has 11 heteroatoms. The van der Waals surface area contributed by atoms with Crippen LogP contribution in [0.1, 0.15) is 5.69 Å². The summed E-state index contributed by atoms with van der Waals surface area (Å²) in [6, 6.07) is 10.6. The van der Waals surface area contributed by atoms with Gasteiger partial charge in [-0.05, 0) is 43.3 Å². The fraction of sp³-hybridized carbons (Fsp3) is 0.150. The van der Waals surface area contributed by atoms with Gasteiger partial charge < -0.3 is 4.74 Å². The van der Waals surface area contributed by atoms with Gasteiger partial charge in [0.25, 0.3) is 0 Å². The van der Waals surface area contributed by atoms with E-state index in [1.807, 2.05) is 12.1 Å². The molecule has 4 aromatic rings. The molecule has 158 valence electrons. The molecule has 0 unspecified atom stereocenters. The minimum Gasteiger partial charge on any atom is -0.492 e. The number of rotatable bonds is 7. The van der Waals surface area contributed by atoms with Gasteiger partial charge in [0, 0.05) is 24.0 Å². The Kier molecular flexibility index (Phi) is 5.83. The van der Waals surface area contributed by atoms with Crippen LogP contribution < -0.4 is 15.4 Å². The summed E-state index contributed by atoms with van der Waals surface area (Å²) in [7, 11) is 0. The summed E-state index contributed by atoms with van der Waals surface area (Å²) >= 11 is 0. The molecule has 3 aromatic heterocycles. The normalized spacial score (nSPS) is 10.6. The molecule has 0 atom stereocenters. The van der Waals surface area contributed by atoms with Crippen LogP contribution in [0.25, 0.3) is 11.3 Å². The summed E-state index contributed by atoms with van der Waals surface area (Å²) in [5.74, 6) is 0.921. The van der Waals surface area contributed by atoms with Crippen molar-refractivity contribution >= 4 is 17.7 Å². The Labute approximate surface area is 176 Å². The molecule has 0 bridgehead atoms. The number of H-pyrrole nitrogens is 1. The summed E-state index contributed by atoms with van der Waals surface area (Å²) in [6.07, 6.45) is 3.35. The molecule has 1 aromatic carbocycles. The molecule has 0 spiro atoms. The predicted octanol–water partition coefficient (Wildman–Crippen LogP) is 3.23. The molecule has 0 saturated carbocycles. The Hall–Kier alpha value is -4.28. The number of amides is 2. The van der Waals surface area contributed by atoms with Gasteiger partial charge in [0.1, 0.15) is 18.2 Å². The maximum absolute atomic E-state index is 12.9. The lowest BCUT2D eigenvalue weighted by Gasteiger charge is -2.07. The first-order valence-corrected chi connectivity index (χ1v) is 9.41. The van der Waals surface area contributed by atoms with Crippen LogP contribution in [0.2, 0.25) is 0 Å². The Morgan fingerprint density at radius 2 is 1.94 bits per heavy atom. The van der Waals surface area contributed by atoms with E-state index in [1.165, 1.54) is 12.1 Å². The van der Waals surface area contributed by atoms with E-state index in [-0.39, 0.29) is 5.82 Å². The molecular weight excluding hydrogens is 403 g/mol. The van der Waals surface area contributed by atoms with Crippen molar-refractivity contribution in [2.75, 3.05) is 17.2 Å². The first kappa shape index (κ1) is 20.0. The van der Waals surface area contributed by atoms with Crippen LogP contribution in [0.15, 0.2) is 54.9 Å². The van der Waals surface area contributed by atoms with Gasteiger partial charge in [-0.1, -0.05) is 5.21 Å². The summed E-state index contributed by atoms with van der Waals surface area (Å²) < 4.78 is 20.1. The Balaban J connectivity index is 1.30. The van der Waals surface area contributed by atoms with Crippen LogP contribution in [-0.2, 0) is 6.54 Å². The van der Waals surface area contributed by atoms with Gasteiger partial charge in [-0.25, -0.2) is 13.9 Å². The average Bonchev–Trinajstić information content (AvgIpc) is 3.38. The van der Waals surface area contributed by atoms with Crippen molar-refractivity contribution in [3.63, 3.8) is 0 Å². The third-order valence-electron chi connectivity index (χ3n) is 4.41. The fourth-order valence-electron chi connectivity index (χ4n) is 2.79. The van der Waals surface area contributed by atoms with Crippen molar-refractivity contribution in [2.45, 2.75) is 13.5 Å². The zero-order valence-corrected chi connectivity index (χ0v) is 16.5. The number of hydrogen-bond donors (Lipinski definition) is 3. The second-order valence-electron chi connectivity index (χ2n) is 6.53. The molecule has 31 heavy (non-hydrogen) atoms. The van der Waals surface area contributed by atoms with Crippen LogP contribution in [0.3, 0.4) is 0 Å². The molecular formula is C20H19FN8O2. The second kappa shape index (κ2) is 9.03. The molecule has 0 radical (unpaired) electrons. The maximum Gasteiger partial charge on any atom is 0.326 e. The number of aromatic nitrogens is 6. The Morgan fingerprint density at radius 3 is 2.71 bits per heavy atom. The van der Waals surface area contributed by atoms with Crippen molar-refractivity contribution < 1.29 is 13.9 Å². The van der Waals surface area contributed by atoms with Crippen molar-refractivity contribution in [3.8, 4) is 17.0 Å². The minimum absolute atomic E-state index is 0.312. The maximum atomic E-state index is 12.9. The predicted molar refractivity (Wildman–Crippen MR) is 111 cm³/mol. The SMILES string of the molecule is Cc1c(NC(=O)Nc2cc(-c3ccncc3)[nH]n2)nnn1CCOc1ccc(F)cc1. The van der Waals surface area contributed by atoms with Crippen LogP contribution in [-0.4, -0.2) is 42.8 Å². The number of ether oxygens (including phenoxy) is 1. The van der Waals surface area contributed by atoms with Gasteiger partial charge in [-0.15, -0.1) is 5.10 Å². The van der Waals surface area contributed by atoms with E-state index in [9.17, 15) is 9.18 Å². The van der Waals surface area contributed by atoms with Crippen LogP contribution in [0.5, 0.6) is 5.75 Å².